The number of carbonyl (C=O) groups is 1. The van der Waals surface area contributed by atoms with Gasteiger partial charge in [0.2, 0.25) is 5.91 Å². The summed E-state index contributed by atoms with van der Waals surface area (Å²) >= 11 is 1.36. The Bertz CT molecular complexity index is 319. The quantitative estimate of drug-likeness (QED) is 0.839. The molecule has 0 saturated carbocycles. The Morgan fingerprint density at radius 3 is 2.73 bits per heavy atom. The molecular weight excluding hydrogens is 210 g/mol. The van der Waals surface area contributed by atoms with Crippen LogP contribution in [-0.2, 0) is 4.79 Å². The van der Waals surface area contributed by atoms with Crippen molar-refractivity contribution >= 4 is 17.4 Å². The van der Waals surface area contributed by atoms with E-state index in [9.17, 15) is 4.79 Å². The minimum atomic E-state index is -0.266. The Morgan fingerprint density at radius 2 is 2.20 bits per heavy atom. The SMILES string of the molecule is NC(=O)C(c1ccns1)N1CCCCC1. The van der Waals surface area contributed by atoms with Crippen molar-refractivity contribution in [2.45, 2.75) is 25.3 Å². The third kappa shape index (κ3) is 2.35. The average molecular weight is 225 g/mol. The molecule has 1 fully saturated rings. The fraction of sp³-hybridized carbons (Fsp3) is 0.600. The molecule has 82 valence electrons. The fourth-order valence-electron chi connectivity index (χ4n) is 2.04. The van der Waals surface area contributed by atoms with Gasteiger partial charge >= 0.3 is 0 Å². The van der Waals surface area contributed by atoms with Crippen LogP contribution in [0, 0.1) is 0 Å². The van der Waals surface area contributed by atoms with E-state index in [0.717, 1.165) is 30.8 Å². The largest absolute Gasteiger partial charge is 0.368 e. The first-order valence-corrected chi connectivity index (χ1v) is 6.00. The van der Waals surface area contributed by atoms with Crippen LogP contribution < -0.4 is 5.73 Å². The molecule has 2 rings (SSSR count). The standard InChI is InChI=1S/C10H15N3OS/c11-10(14)9(8-4-5-12-15-8)13-6-2-1-3-7-13/h4-5,9H,1-3,6-7H2,(H2,11,14). The van der Waals surface area contributed by atoms with Crippen LogP contribution in [0.5, 0.6) is 0 Å². The Kier molecular flexibility index (Phi) is 3.33. The monoisotopic (exact) mass is 225 g/mol. The Labute approximate surface area is 93.2 Å². The van der Waals surface area contributed by atoms with Gasteiger partial charge in [0.05, 0.1) is 4.88 Å². The molecule has 0 aromatic carbocycles. The van der Waals surface area contributed by atoms with E-state index in [1.807, 2.05) is 6.07 Å². The van der Waals surface area contributed by atoms with E-state index < -0.39 is 0 Å². The summed E-state index contributed by atoms with van der Waals surface area (Å²) in [5.41, 5.74) is 5.46. The molecule has 1 atom stereocenters. The highest BCUT2D eigenvalue weighted by molar-refractivity contribution is 7.05. The Balaban J connectivity index is 2.15. The number of hydrogen-bond donors (Lipinski definition) is 1. The van der Waals surface area contributed by atoms with E-state index in [1.54, 1.807) is 6.20 Å². The minimum Gasteiger partial charge on any atom is -0.368 e. The second kappa shape index (κ2) is 4.72. The van der Waals surface area contributed by atoms with Gasteiger partial charge in [-0.3, -0.25) is 9.69 Å². The van der Waals surface area contributed by atoms with Crippen LogP contribution in [0.3, 0.4) is 0 Å². The van der Waals surface area contributed by atoms with Crippen molar-refractivity contribution in [1.29, 1.82) is 0 Å². The number of carbonyl (C=O) groups excluding carboxylic acids is 1. The van der Waals surface area contributed by atoms with Gasteiger partial charge in [-0.25, -0.2) is 4.37 Å². The summed E-state index contributed by atoms with van der Waals surface area (Å²) in [6, 6.07) is 1.62. The highest BCUT2D eigenvalue weighted by Crippen LogP contribution is 2.26. The van der Waals surface area contributed by atoms with Crippen molar-refractivity contribution in [2.24, 2.45) is 5.73 Å². The summed E-state index contributed by atoms with van der Waals surface area (Å²) in [5.74, 6) is -0.263. The van der Waals surface area contributed by atoms with E-state index in [-0.39, 0.29) is 11.9 Å². The first-order valence-electron chi connectivity index (χ1n) is 5.23. The summed E-state index contributed by atoms with van der Waals surface area (Å²) in [7, 11) is 0. The van der Waals surface area contributed by atoms with E-state index in [2.05, 4.69) is 9.27 Å². The summed E-state index contributed by atoms with van der Waals surface area (Å²) in [6.07, 6.45) is 5.29. The molecule has 1 unspecified atom stereocenters. The number of piperidine rings is 1. The maximum absolute atomic E-state index is 11.5. The summed E-state index contributed by atoms with van der Waals surface area (Å²) < 4.78 is 4.03. The van der Waals surface area contributed by atoms with Gasteiger partial charge in [0, 0.05) is 6.20 Å². The molecule has 15 heavy (non-hydrogen) atoms. The van der Waals surface area contributed by atoms with Crippen LogP contribution in [0.15, 0.2) is 12.3 Å². The molecule has 0 spiro atoms. The van der Waals surface area contributed by atoms with E-state index in [4.69, 9.17) is 5.73 Å². The van der Waals surface area contributed by atoms with Gasteiger partial charge in [0.15, 0.2) is 0 Å². The van der Waals surface area contributed by atoms with Crippen LogP contribution >= 0.6 is 11.5 Å². The average Bonchev–Trinajstić information content (AvgIpc) is 2.72. The predicted molar refractivity (Wildman–Crippen MR) is 59.5 cm³/mol. The molecule has 1 aromatic heterocycles. The molecule has 1 saturated heterocycles. The number of hydrogen-bond acceptors (Lipinski definition) is 4. The zero-order chi connectivity index (χ0) is 10.7. The predicted octanol–water partition coefficient (Wildman–Crippen LogP) is 1.16. The lowest BCUT2D eigenvalue weighted by molar-refractivity contribution is -0.123. The molecule has 2 N–H and O–H groups in total. The number of likely N-dealkylation sites (tertiary alicyclic amines) is 1. The number of nitrogens with two attached hydrogens (primary N) is 1. The summed E-state index contributed by atoms with van der Waals surface area (Å²) in [4.78, 5) is 14.6. The lowest BCUT2D eigenvalue weighted by atomic mass is 10.1. The van der Waals surface area contributed by atoms with Crippen molar-refractivity contribution in [3.63, 3.8) is 0 Å². The summed E-state index contributed by atoms with van der Waals surface area (Å²) in [6.45, 7) is 1.93. The smallest absolute Gasteiger partial charge is 0.240 e. The number of aromatic nitrogens is 1. The zero-order valence-electron chi connectivity index (χ0n) is 8.56. The van der Waals surface area contributed by atoms with Gasteiger partial charge < -0.3 is 5.73 Å². The molecule has 2 heterocycles. The van der Waals surface area contributed by atoms with Crippen molar-refractivity contribution in [2.75, 3.05) is 13.1 Å². The molecule has 1 aliphatic rings. The van der Waals surface area contributed by atoms with Crippen LogP contribution in [0.4, 0.5) is 0 Å². The van der Waals surface area contributed by atoms with Gasteiger partial charge in [-0.2, -0.15) is 0 Å². The van der Waals surface area contributed by atoms with Gasteiger partial charge in [0.25, 0.3) is 0 Å². The van der Waals surface area contributed by atoms with Crippen molar-refractivity contribution < 1.29 is 4.79 Å². The Morgan fingerprint density at radius 1 is 1.47 bits per heavy atom. The highest BCUT2D eigenvalue weighted by atomic mass is 32.1. The summed E-state index contributed by atoms with van der Waals surface area (Å²) in [5, 5.41) is 0. The van der Waals surface area contributed by atoms with Gasteiger partial charge in [-0.05, 0) is 43.5 Å². The molecule has 0 bridgehead atoms. The van der Waals surface area contributed by atoms with Crippen molar-refractivity contribution in [3.8, 4) is 0 Å². The van der Waals surface area contributed by atoms with Crippen LogP contribution in [0.25, 0.3) is 0 Å². The van der Waals surface area contributed by atoms with Gasteiger partial charge in [-0.15, -0.1) is 0 Å². The molecule has 5 heteroatoms. The number of nitrogens with zero attached hydrogens (tertiary/aromatic N) is 2. The van der Waals surface area contributed by atoms with Crippen LogP contribution in [0.1, 0.15) is 30.2 Å². The van der Waals surface area contributed by atoms with E-state index in [1.165, 1.54) is 18.0 Å². The van der Waals surface area contributed by atoms with Gasteiger partial charge in [0.1, 0.15) is 6.04 Å². The first-order chi connectivity index (χ1) is 7.29. The normalized spacial score (nSPS) is 20.0. The second-order valence-corrected chi connectivity index (χ2v) is 4.68. The molecule has 1 amide bonds. The maximum Gasteiger partial charge on any atom is 0.240 e. The van der Waals surface area contributed by atoms with Crippen LogP contribution in [0.2, 0.25) is 0 Å². The topological polar surface area (TPSA) is 59.2 Å². The molecule has 1 aromatic rings. The fourth-order valence-corrected chi connectivity index (χ4v) is 2.77. The van der Waals surface area contributed by atoms with Crippen molar-refractivity contribution in [3.05, 3.63) is 17.1 Å². The van der Waals surface area contributed by atoms with Gasteiger partial charge in [-0.1, -0.05) is 6.42 Å². The second-order valence-electron chi connectivity index (χ2n) is 3.82. The molecule has 1 aliphatic heterocycles. The molecular formula is C10H15N3OS. The van der Waals surface area contributed by atoms with Crippen LogP contribution in [-0.4, -0.2) is 28.3 Å². The third-order valence-corrected chi connectivity index (χ3v) is 3.55. The molecule has 0 aliphatic carbocycles. The highest BCUT2D eigenvalue weighted by Gasteiger charge is 2.27. The number of amides is 1. The minimum absolute atomic E-state index is 0.263. The van der Waals surface area contributed by atoms with Crippen molar-refractivity contribution in [1.82, 2.24) is 9.27 Å². The Hall–Kier alpha value is -0.940. The zero-order valence-corrected chi connectivity index (χ0v) is 9.37. The molecule has 0 radical (unpaired) electrons. The molecule has 4 nitrogen and oxygen atoms in total. The van der Waals surface area contributed by atoms with E-state index >= 15 is 0 Å². The maximum atomic E-state index is 11.5. The lowest BCUT2D eigenvalue weighted by Gasteiger charge is -2.31. The van der Waals surface area contributed by atoms with E-state index in [0.29, 0.717) is 0 Å². The third-order valence-electron chi connectivity index (χ3n) is 2.75. The number of primary amides is 1. The number of rotatable bonds is 3. The first kappa shape index (κ1) is 10.6. The lowest BCUT2D eigenvalue weighted by Crippen LogP contribution is -2.40.